The first-order valence-corrected chi connectivity index (χ1v) is 9.02. The normalized spacial score (nSPS) is 14.3. The highest BCUT2D eigenvalue weighted by Crippen LogP contribution is 2.26. The lowest BCUT2D eigenvalue weighted by atomic mass is 10.2. The van der Waals surface area contributed by atoms with Gasteiger partial charge in [0.25, 0.3) is 0 Å². The van der Waals surface area contributed by atoms with Crippen LogP contribution in [0, 0.1) is 6.92 Å². The van der Waals surface area contributed by atoms with Gasteiger partial charge in [-0.25, -0.2) is 0 Å². The minimum absolute atomic E-state index is 0.155. The van der Waals surface area contributed by atoms with Crippen LogP contribution in [0.3, 0.4) is 0 Å². The average Bonchev–Trinajstić information content (AvgIpc) is 2.68. The molecule has 1 amide bonds. The van der Waals surface area contributed by atoms with Crippen LogP contribution < -0.4 is 14.5 Å². The zero-order chi connectivity index (χ0) is 18.5. The molecule has 0 unspecified atom stereocenters. The van der Waals surface area contributed by atoms with Crippen molar-refractivity contribution in [1.82, 2.24) is 4.90 Å². The minimum atomic E-state index is 0.155. The second kappa shape index (κ2) is 8.13. The van der Waals surface area contributed by atoms with Crippen LogP contribution in [-0.4, -0.2) is 57.7 Å². The SMILES string of the molecule is COc1ccccc1N(C)CC(=O)N1CCN(c2cccc(C)c2)CC1. The molecule has 0 bridgehead atoms. The monoisotopic (exact) mass is 353 g/mol. The number of rotatable bonds is 5. The molecule has 1 saturated heterocycles. The maximum absolute atomic E-state index is 12.7. The molecule has 1 fully saturated rings. The Balaban J connectivity index is 1.57. The second-order valence-electron chi connectivity index (χ2n) is 6.73. The zero-order valence-electron chi connectivity index (χ0n) is 15.8. The lowest BCUT2D eigenvalue weighted by Gasteiger charge is -2.37. The van der Waals surface area contributed by atoms with Crippen molar-refractivity contribution in [2.75, 3.05) is 56.7 Å². The van der Waals surface area contributed by atoms with E-state index >= 15 is 0 Å². The number of aryl methyl sites for hydroxylation is 1. The molecule has 5 nitrogen and oxygen atoms in total. The van der Waals surface area contributed by atoms with E-state index in [1.807, 2.05) is 41.1 Å². The fourth-order valence-electron chi connectivity index (χ4n) is 3.37. The van der Waals surface area contributed by atoms with Crippen LogP contribution in [0.4, 0.5) is 11.4 Å². The zero-order valence-corrected chi connectivity index (χ0v) is 15.8. The number of ether oxygens (including phenoxy) is 1. The molecule has 138 valence electrons. The molecular formula is C21H27N3O2. The number of benzene rings is 2. The number of anilines is 2. The number of hydrogen-bond donors (Lipinski definition) is 0. The summed E-state index contributed by atoms with van der Waals surface area (Å²) in [4.78, 5) is 19.0. The molecule has 0 aliphatic carbocycles. The van der Waals surface area contributed by atoms with Crippen molar-refractivity contribution < 1.29 is 9.53 Å². The van der Waals surface area contributed by atoms with Crippen molar-refractivity contribution in [3.8, 4) is 5.75 Å². The molecule has 1 aliphatic heterocycles. The summed E-state index contributed by atoms with van der Waals surface area (Å²) in [6.45, 7) is 5.71. The molecular weight excluding hydrogens is 326 g/mol. The third kappa shape index (κ3) is 4.10. The van der Waals surface area contributed by atoms with Gasteiger partial charge in [-0.1, -0.05) is 24.3 Å². The third-order valence-corrected chi connectivity index (χ3v) is 4.87. The molecule has 1 aliphatic rings. The van der Waals surface area contributed by atoms with Gasteiger partial charge >= 0.3 is 0 Å². The lowest BCUT2D eigenvalue weighted by Crippen LogP contribution is -2.51. The van der Waals surface area contributed by atoms with Gasteiger partial charge in [0.2, 0.25) is 5.91 Å². The van der Waals surface area contributed by atoms with Gasteiger partial charge in [-0.2, -0.15) is 0 Å². The molecule has 1 heterocycles. The summed E-state index contributed by atoms with van der Waals surface area (Å²) < 4.78 is 5.39. The average molecular weight is 353 g/mol. The van der Waals surface area contributed by atoms with Gasteiger partial charge < -0.3 is 19.4 Å². The molecule has 0 radical (unpaired) electrons. The Bertz CT molecular complexity index is 754. The number of likely N-dealkylation sites (N-methyl/N-ethyl adjacent to an activating group) is 1. The van der Waals surface area contributed by atoms with Crippen LogP contribution in [0.5, 0.6) is 5.75 Å². The van der Waals surface area contributed by atoms with E-state index in [1.165, 1.54) is 11.3 Å². The molecule has 0 saturated carbocycles. The Morgan fingerprint density at radius 1 is 1.08 bits per heavy atom. The molecule has 0 spiro atoms. The summed E-state index contributed by atoms with van der Waals surface area (Å²) in [5, 5.41) is 0. The van der Waals surface area contributed by atoms with Crippen molar-refractivity contribution in [2.45, 2.75) is 6.92 Å². The van der Waals surface area contributed by atoms with Gasteiger partial charge in [0, 0.05) is 38.9 Å². The van der Waals surface area contributed by atoms with Crippen LogP contribution in [0.15, 0.2) is 48.5 Å². The number of carbonyl (C=O) groups excluding carboxylic acids is 1. The largest absolute Gasteiger partial charge is 0.495 e. The van der Waals surface area contributed by atoms with E-state index in [0.717, 1.165) is 37.6 Å². The Morgan fingerprint density at radius 2 is 1.81 bits per heavy atom. The van der Waals surface area contributed by atoms with Crippen molar-refractivity contribution in [3.05, 3.63) is 54.1 Å². The summed E-state index contributed by atoms with van der Waals surface area (Å²) in [7, 11) is 3.58. The number of piperazine rings is 1. The maximum Gasteiger partial charge on any atom is 0.242 e. The van der Waals surface area contributed by atoms with E-state index in [9.17, 15) is 4.79 Å². The number of nitrogens with zero attached hydrogens (tertiary/aromatic N) is 3. The van der Waals surface area contributed by atoms with Crippen LogP contribution in [0.2, 0.25) is 0 Å². The highest BCUT2D eigenvalue weighted by atomic mass is 16.5. The predicted molar refractivity (Wildman–Crippen MR) is 106 cm³/mol. The molecule has 2 aromatic rings. The number of para-hydroxylation sites is 2. The lowest BCUT2D eigenvalue weighted by molar-refractivity contribution is -0.129. The van der Waals surface area contributed by atoms with Gasteiger partial charge in [0.1, 0.15) is 5.75 Å². The summed E-state index contributed by atoms with van der Waals surface area (Å²) in [6.07, 6.45) is 0. The Kier molecular flexibility index (Phi) is 5.66. The van der Waals surface area contributed by atoms with Crippen molar-refractivity contribution in [2.24, 2.45) is 0 Å². The number of amides is 1. The number of hydrogen-bond acceptors (Lipinski definition) is 4. The van der Waals surface area contributed by atoms with E-state index < -0.39 is 0 Å². The molecule has 0 aromatic heterocycles. The summed E-state index contributed by atoms with van der Waals surface area (Å²) in [5.74, 6) is 0.939. The summed E-state index contributed by atoms with van der Waals surface area (Å²) in [6, 6.07) is 16.3. The van der Waals surface area contributed by atoms with E-state index in [2.05, 4.69) is 36.1 Å². The Labute approximate surface area is 155 Å². The molecule has 2 aromatic carbocycles. The fraction of sp³-hybridized carbons (Fsp3) is 0.381. The topological polar surface area (TPSA) is 36.0 Å². The summed E-state index contributed by atoms with van der Waals surface area (Å²) >= 11 is 0. The quantitative estimate of drug-likeness (QED) is 0.828. The van der Waals surface area contributed by atoms with Gasteiger partial charge in [-0.15, -0.1) is 0 Å². The van der Waals surface area contributed by atoms with Gasteiger partial charge in [-0.05, 0) is 36.8 Å². The smallest absolute Gasteiger partial charge is 0.242 e. The minimum Gasteiger partial charge on any atom is -0.495 e. The van der Waals surface area contributed by atoms with E-state index in [4.69, 9.17) is 4.74 Å². The fourth-order valence-corrected chi connectivity index (χ4v) is 3.37. The van der Waals surface area contributed by atoms with Crippen LogP contribution in [0.25, 0.3) is 0 Å². The van der Waals surface area contributed by atoms with E-state index in [1.54, 1.807) is 7.11 Å². The molecule has 5 heteroatoms. The highest BCUT2D eigenvalue weighted by molar-refractivity contribution is 5.82. The van der Waals surface area contributed by atoms with Crippen molar-refractivity contribution in [1.29, 1.82) is 0 Å². The molecule has 26 heavy (non-hydrogen) atoms. The van der Waals surface area contributed by atoms with E-state index in [-0.39, 0.29) is 5.91 Å². The first kappa shape index (κ1) is 18.1. The summed E-state index contributed by atoms with van der Waals surface area (Å²) in [5.41, 5.74) is 3.43. The van der Waals surface area contributed by atoms with Crippen LogP contribution in [-0.2, 0) is 4.79 Å². The van der Waals surface area contributed by atoms with Crippen molar-refractivity contribution >= 4 is 17.3 Å². The molecule has 3 rings (SSSR count). The first-order valence-electron chi connectivity index (χ1n) is 9.02. The standard InChI is InChI=1S/C21H27N3O2/c1-17-7-6-8-18(15-17)23-11-13-24(14-12-23)21(25)16-22(2)19-9-4-5-10-20(19)26-3/h4-10,15H,11-14,16H2,1-3H3. The first-order chi connectivity index (χ1) is 12.6. The van der Waals surface area contributed by atoms with Gasteiger partial charge in [0.15, 0.2) is 0 Å². The molecule has 0 atom stereocenters. The second-order valence-corrected chi connectivity index (χ2v) is 6.73. The Hall–Kier alpha value is -2.69. The van der Waals surface area contributed by atoms with Crippen molar-refractivity contribution in [3.63, 3.8) is 0 Å². The van der Waals surface area contributed by atoms with Crippen LogP contribution >= 0.6 is 0 Å². The third-order valence-electron chi connectivity index (χ3n) is 4.87. The number of methoxy groups -OCH3 is 1. The predicted octanol–water partition coefficient (Wildman–Crippen LogP) is 2.79. The van der Waals surface area contributed by atoms with Gasteiger partial charge in [-0.3, -0.25) is 4.79 Å². The number of carbonyl (C=O) groups is 1. The maximum atomic E-state index is 12.7. The van der Waals surface area contributed by atoms with Crippen LogP contribution in [0.1, 0.15) is 5.56 Å². The molecule has 0 N–H and O–H groups in total. The van der Waals surface area contributed by atoms with E-state index in [0.29, 0.717) is 6.54 Å². The van der Waals surface area contributed by atoms with Gasteiger partial charge in [0.05, 0.1) is 19.3 Å². The highest BCUT2D eigenvalue weighted by Gasteiger charge is 2.22. The Morgan fingerprint density at radius 3 is 2.50 bits per heavy atom.